The molecule has 0 radical (unpaired) electrons. The van der Waals surface area contributed by atoms with Crippen LogP contribution in [-0.2, 0) is 20.7 Å². The van der Waals surface area contributed by atoms with Gasteiger partial charge in [-0.1, -0.05) is 36.6 Å². The highest BCUT2D eigenvalue weighted by atomic mass is 35.5. The standard InChI is InChI=1S/C21H28ClNO4/c22-17-5-3-4-15(12-17)13-21(8-1-2-9-21)20(26)23-14-18(19(24)25)16-6-10-27-11-7-16/h3-5,12,16,18H,1-2,6-11,13-14H2,(H,23,26)(H,24,25). The molecule has 1 aliphatic carbocycles. The van der Waals surface area contributed by atoms with Crippen molar-refractivity contribution >= 4 is 23.5 Å². The van der Waals surface area contributed by atoms with Crippen molar-refractivity contribution in [2.24, 2.45) is 17.3 Å². The van der Waals surface area contributed by atoms with Gasteiger partial charge in [-0.05, 0) is 55.7 Å². The maximum absolute atomic E-state index is 13.1. The van der Waals surface area contributed by atoms with Crippen LogP contribution in [0.15, 0.2) is 24.3 Å². The molecule has 1 aliphatic heterocycles. The number of hydrogen-bond acceptors (Lipinski definition) is 3. The number of carboxylic acids is 1. The molecule has 0 bridgehead atoms. The number of nitrogens with one attached hydrogen (secondary N) is 1. The quantitative estimate of drug-likeness (QED) is 0.740. The lowest BCUT2D eigenvalue weighted by Crippen LogP contribution is -2.45. The van der Waals surface area contributed by atoms with Crippen LogP contribution in [-0.4, -0.2) is 36.7 Å². The molecule has 27 heavy (non-hydrogen) atoms. The minimum atomic E-state index is -0.836. The Bertz CT molecular complexity index is 666. The summed E-state index contributed by atoms with van der Waals surface area (Å²) in [5.41, 5.74) is 0.599. The summed E-state index contributed by atoms with van der Waals surface area (Å²) < 4.78 is 5.34. The first-order valence-electron chi connectivity index (χ1n) is 9.83. The van der Waals surface area contributed by atoms with E-state index in [1.54, 1.807) is 0 Å². The zero-order valence-electron chi connectivity index (χ0n) is 15.6. The third-order valence-corrected chi connectivity index (χ3v) is 6.34. The highest BCUT2D eigenvalue weighted by molar-refractivity contribution is 6.30. The molecule has 2 aliphatic rings. The number of rotatable bonds is 7. The minimum Gasteiger partial charge on any atom is -0.481 e. The largest absolute Gasteiger partial charge is 0.481 e. The smallest absolute Gasteiger partial charge is 0.308 e. The molecule has 1 amide bonds. The van der Waals surface area contributed by atoms with Crippen LogP contribution >= 0.6 is 11.6 Å². The average Bonchev–Trinajstić information content (AvgIpc) is 3.12. The van der Waals surface area contributed by atoms with Crippen molar-refractivity contribution in [3.63, 3.8) is 0 Å². The van der Waals surface area contributed by atoms with E-state index in [-0.39, 0.29) is 18.4 Å². The third kappa shape index (κ3) is 5.02. The van der Waals surface area contributed by atoms with Crippen molar-refractivity contribution in [2.45, 2.75) is 44.9 Å². The van der Waals surface area contributed by atoms with Gasteiger partial charge in [-0.2, -0.15) is 0 Å². The lowest BCUT2D eigenvalue weighted by Gasteiger charge is -2.31. The molecule has 0 aromatic heterocycles. The van der Waals surface area contributed by atoms with Gasteiger partial charge in [0, 0.05) is 24.8 Å². The number of ether oxygens (including phenoxy) is 1. The lowest BCUT2D eigenvalue weighted by atomic mass is 9.78. The summed E-state index contributed by atoms with van der Waals surface area (Å²) in [4.78, 5) is 24.8. The second kappa shape index (κ2) is 9.07. The number of benzene rings is 1. The van der Waals surface area contributed by atoms with E-state index in [0.29, 0.717) is 24.7 Å². The fourth-order valence-electron chi connectivity index (χ4n) is 4.54. The van der Waals surface area contributed by atoms with Gasteiger partial charge in [0.15, 0.2) is 0 Å². The van der Waals surface area contributed by atoms with Crippen LogP contribution in [0.4, 0.5) is 0 Å². The topological polar surface area (TPSA) is 75.6 Å². The van der Waals surface area contributed by atoms with Crippen LogP contribution in [0.2, 0.25) is 5.02 Å². The van der Waals surface area contributed by atoms with E-state index < -0.39 is 17.3 Å². The Morgan fingerprint density at radius 3 is 2.59 bits per heavy atom. The van der Waals surface area contributed by atoms with Gasteiger partial charge in [-0.15, -0.1) is 0 Å². The van der Waals surface area contributed by atoms with Gasteiger partial charge in [0.2, 0.25) is 5.91 Å². The highest BCUT2D eigenvalue weighted by Crippen LogP contribution is 2.41. The Hall–Kier alpha value is -1.59. The summed E-state index contributed by atoms with van der Waals surface area (Å²) in [6.07, 6.45) is 5.84. The van der Waals surface area contributed by atoms with Gasteiger partial charge in [-0.3, -0.25) is 9.59 Å². The van der Waals surface area contributed by atoms with Crippen LogP contribution in [0.5, 0.6) is 0 Å². The second-order valence-corrected chi connectivity index (χ2v) is 8.34. The summed E-state index contributed by atoms with van der Waals surface area (Å²) in [6, 6.07) is 7.65. The molecule has 1 unspecified atom stereocenters. The second-order valence-electron chi connectivity index (χ2n) is 7.90. The van der Waals surface area contributed by atoms with Crippen molar-refractivity contribution in [2.75, 3.05) is 19.8 Å². The molecule has 1 aromatic carbocycles. The lowest BCUT2D eigenvalue weighted by molar-refractivity contribution is -0.145. The summed E-state index contributed by atoms with van der Waals surface area (Å²) in [5.74, 6) is -1.35. The molecule has 6 heteroatoms. The molecule has 2 N–H and O–H groups in total. The predicted molar refractivity (Wildman–Crippen MR) is 104 cm³/mol. The van der Waals surface area contributed by atoms with Crippen molar-refractivity contribution < 1.29 is 19.4 Å². The van der Waals surface area contributed by atoms with E-state index in [2.05, 4.69) is 5.32 Å². The first kappa shape index (κ1) is 20.2. The molecule has 148 valence electrons. The first-order valence-corrected chi connectivity index (χ1v) is 10.2. The number of aliphatic carboxylic acids is 1. The van der Waals surface area contributed by atoms with Crippen molar-refractivity contribution in [1.29, 1.82) is 0 Å². The van der Waals surface area contributed by atoms with Gasteiger partial charge in [-0.25, -0.2) is 0 Å². The van der Waals surface area contributed by atoms with Gasteiger partial charge >= 0.3 is 5.97 Å². The van der Waals surface area contributed by atoms with Gasteiger partial charge in [0.05, 0.1) is 11.3 Å². The normalized spacial score (nSPS) is 20.9. The molecule has 1 aromatic rings. The molecule has 3 rings (SSSR count). The van der Waals surface area contributed by atoms with E-state index in [9.17, 15) is 14.7 Å². The minimum absolute atomic E-state index is 0.0155. The molecule has 1 saturated heterocycles. The fraction of sp³-hybridized carbons (Fsp3) is 0.619. The number of carbonyl (C=O) groups is 2. The van der Waals surface area contributed by atoms with Crippen LogP contribution in [0.25, 0.3) is 0 Å². The van der Waals surface area contributed by atoms with Crippen molar-refractivity contribution in [3.8, 4) is 0 Å². The summed E-state index contributed by atoms with van der Waals surface area (Å²) in [7, 11) is 0. The maximum Gasteiger partial charge on any atom is 0.308 e. The predicted octanol–water partition coefficient (Wildman–Crippen LogP) is 3.69. The number of carboxylic acid groups (broad SMARTS) is 1. The van der Waals surface area contributed by atoms with Crippen molar-refractivity contribution in [3.05, 3.63) is 34.9 Å². The highest BCUT2D eigenvalue weighted by Gasteiger charge is 2.41. The fourth-order valence-corrected chi connectivity index (χ4v) is 4.75. The molecule has 5 nitrogen and oxygen atoms in total. The molecule has 1 saturated carbocycles. The SMILES string of the molecule is O=C(O)C(CNC(=O)C1(Cc2cccc(Cl)c2)CCCC1)C1CCOCC1. The summed E-state index contributed by atoms with van der Waals surface area (Å²) in [5, 5.41) is 13.3. The Balaban J connectivity index is 1.66. The Morgan fingerprint density at radius 1 is 1.26 bits per heavy atom. The Morgan fingerprint density at radius 2 is 1.96 bits per heavy atom. The first-order chi connectivity index (χ1) is 13.0. The summed E-state index contributed by atoms with van der Waals surface area (Å²) >= 11 is 6.10. The van der Waals surface area contributed by atoms with E-state index in [1.807, 2.05) is 24.3 Å². The number of carbonyl (C=O) groups excluding carboxylic acids is 1. The number of amides is 1. The molecular formula is C21H28ClNO4. The van der Waals surface area contributed by atoms with E-state index in [4.69, 9.17) is 16.3 Å². The van der Waals surface area contributed by atoms with Gasteiger partial charge in [0.1, 0.15) is 0 Å². The van der Waals surface area contributed by atoms with E-state index in [1.165, 1.54) is 0 Å². The Kier molecular flexibility index (Phi) is 6.77. The molecule has 1 atom stereocenters. The molecule has 1 heterocycles. The Labute approximate surface area is 165 Å². The maximum atomic E-state index is 13.1. The molecular weight excluding hydrogens is 366 g/mol. The van der Waals surface area contributed by atoms with Crippen LogP contribution < -0.4 is 5.32 Å². The third-order valence-electron chi connectivity index (χ3n) is 6.11. The van der Waals surface area contributed by atoms with E-state index in [0.717, 1.165) is 44.1 Å². The number of hydrogen-bond donors (Lipinski definition) is 2. The molecule has 0 spiro atoms. The van der Waals surface area contributed by atoms with E-state index >= 15 is 0 Å². The summed E-state index contributed by atoms with van der Waals surface area (Å²) in [6.45, 7) is 1.39. The zero-order valence-corrected chi connectivity index (χ0v) is 16.3. The zero-order chi connectivity index (χ0) is 19.3. The number of halogens is 1. The van der Waals surface area contributed by atoms with Gasteiger partial charge in [0.25, 0.3) is 0 Å². The average molecular weight is 394 g/mol. The van der Waals surface area contributed by atoms with Crippen LogP contribution in [0.1, 0.15) is 44.1 Å². The van der Waals surface area contributed by atoms with Crippen LogP contribution in [0, 0.1) is 17.3 Å². The monoisotopic (exact) mass is 393 g/mol. The molecule has 2 fully saturated rings. The van der Waals surface area contributed by atoms with Gasteiger partial charge < -0.3 is 15.2 Å². The van der Waals surface area contributed by atoms with Crippen molar-refractivity contribution in [1.82, 2.24) is 5.32 Å². The van der Waals surface area contributed by atoms with Crippen LogP contribution in [0.3, 0.4) is 0 Å².